The van der Waals surface area contributed by atoms with Crippen molar-refractivity contribution in [2.45, 2.75) is 44.9 Å². The summed E-state index contributed by atoms with van der Waals surface area (Å²) in [6.07, 6.45) is 2.51. The highest BCUT2D eigenvalue weighted by atomic mass is 32.2. The van der Waals surface area contributed by atoms with Crippen molar-refractivity contribution in [3.8, 4) is 0 Å². The normalized spacial score (nSPS) is 16.7. The number of nitrogens with zero attached hydrogens (tertiary/aromatic N) is 1. The van der Waals surface area contributed by atoms with Crippen molar-refractivity contribution in [1.82, 2.24) is 9.62 Å². The van der Waals surface area contributed by atoms with Gasteiger partial charge in [0.15, 0.2) is 0 Å². The zero-order chi connectivity index (χ0) is 16.9. The summed E-state index contributed by atoms with van der Waals surface area (Å²) in [5.41, 5.74) is 0.719. The summed E-state index contributed by atoms with van der Waals surface area (Å²) < 4.78 is 27.5. The van der Waals surface area contributed by atoms with Gasteiger partial charge >= 0.3 is 0 Å². The third-order valence-electron chi connectivity index (χ3n) is 3.94. The molecule has 0 aliphatic carbocycles. The second-order valence-electron chi connectivity index (χ2n) is 6.58. The van der Waals surface area contributed by atoms with E-state index in [0.717, 1.165) is 31.5 Å². The van der Waals surface area contributed by atoms with Crippen molar-refractivity contribution in [2.24, 2.45) is 5.92 Å². The molecule has 1 aliphatic rings. The minimum Gasteiger partial charge on any atom is -0.341 e. The molecule has 1 amide bonds. The molecule has 0 bridgehead atoms. The Kier molecular flexibility index (Phi) is 6.18. The highest BCUT2D eigenvalue weighted by Crippen LogP contribution is 2.15. The van der Waals surface area contributed by atoms with Crippen LogP contribution in [0, 0.1) is 5.92 Å². The average Bonchev–Trinajstić information content (AvgIpc) is 2.99. The van der Waals surface area contributed by atoms with Crippen LogP contribution in [-0.4, -0.2) is 38.4 Å². The monoisotopic (exact) mass is 338 g/mol. The summed E-state index contributed by atoms with van der Waals surface area (Å²) in [5.74, 6) is 0.0502. The van der Waals surface area contributed by atoms with Gasteiger partial charge in [-0.05, 0) is 30.7 Å². The van der Waals surface area contributed by atoms with Gasteiger partial charge in [-0.2, -0.15) is 0 Å². The van der Waals surface area contributed by atoms with Gasteiger partial charge in [0, 0.05) is 13.1 Å². The highest BCUT2D eigenvalue weighted by Gasteiger charge is 2.30. The molecule has 1 heterocycles. The zero-order valence-electron chi connectivity index (χ0n) is 13.9. The maximum Gasteiger partial charge on any atom is 0.240 e. The molecule has 5 nitrogen and oxygen atoms in total. The zero-order valence-corrected chi connectivity index (χ0v) is 14.7. The number of carbonyl (C=O) groups excluding carboxylic acids is 1. The third-order valence-corrected chi connectivity index (χ3v) is 5.30. The summed E-state index contributed by atoms with van der Waals surface area (Å²) in [4.78, 5) is 14.4. The van der Waals surface area contributed by atoms with Crippen LogP contribution >= 0.6 is 0 Å². The molecule has 1 aromatic rings. The molecule has 2 rings (SSSR count). The first-order valence-corrected chi connectivity index (χ1v) is 9.85. The van der Waals surface area contributed by atoms with Gasteiger partial charge in [-0.15, -0.1) is 0 Å². The van der Waals surface area contributed by atoms with E-state index in [0.29, 0.717) is 6.42 Å². The van der Waals surface area contributed by atoms with Gasteiger partial charge in [0.05, 0.1) is 5.75 Å². The van der Waals surface area contributed by atoms with Gasteiger partial charge in [-0.3, -0.25) is 4.79 Å². The van der Waals surface area contributed by atoms with Gasteiger partial charge in [-0.1, -0.05) is 44.2 Å². The Morgan fingerprint density at radius 3 is 2.35 bits per heavy atom. The van der Waals surface area contributed by atoms with Crippen LogP contribution in [0.4, 0.5) is 0 Å². The van der Waals surface area contributed by atoms with E-state index in [1.165, 1.54) is 0 Å². The van der Waals surface area contributed by atoms with E-state index in [1.54, 1.807) is 17.0 Å². The number of hydrogen-bond donors (Lipinski definition) is 1. The van der Waals surface area contributed by atoms with Crippen LogP contribution in [0.1, 0.15) is 38.7 Å². The first kappa shape index (κ1) is 17.9. The quantitative estimate of drug-likeness (QED) is 0.828. The van der Waals surface area contributed by atoms with Crippen LogP contribution in [0.3, 0.4) is 0 Å². The summed E-state index contributed by atoms with van der Waals surface area (Å²) in [6.45, 7) is 5.45. The van der Waals surface area contributed by atoms with E-state index in [1.807, 2.05) is 32.0 Å². The second kappa shape index (κ2) is 7.93. The van der Waals surface area contributed by atoms with Crippen LogP contribution in [0.15, 0.2) is 30.3 Å². The van der Waals surface area contributed by atoms with Crippen LogP contribution < -0.4 is 4.72 Å². The lowest BCUT2D eigenvalue weighted by Crippen LogP contribution is -2.48. The smallest absolute Gasteiger partial charge is 0.240 e. The molecular weight excluding hydrogens is 312 g/mol. The molecule has 1 fully saturated rings. The molecule has 0 unspecified atom stereocenters. The first-order valence-electron chi connectivity index (χ1n) is 8.20. The molecule has 128 valence electrons. The lowest BCUT2D eigenvalue weighted by atomic mass is 10.0. The molecule has 6 heteroatoms. The number of amides is 1. The minimum atomic E-state index is -3.55. The molecule has 0 saturated carbocycles. The van der Waals surface area contributed by atoms with E-state index in [9.17, 15) is 13.2 Å². The standard InChI is InChI=1S/C17H26N2O3S/c1-14(2)12-16(17(20)19-10-6-7-11-19)18-23(21,22)13-15-8-4-3-5-9-15/h3-5,8-9,14,16,18H,6-7,10-13H2,1-2H3/t16-/m0/s1. The number of hydrogen-bond acceptors (Lipinski definition) is 3. The summed E-state index contributed by atoms with van der Waals surface area (Å²) in [5, 5.41) is 0. The van der Waals surface area contributed by atoms with Crippen LogP contribution in [0.25, 0.3) is 0 Å². The largest absolute Gasteiger partial charge is 0.341 e. The van der Waals surface area contributed by atoms with Crippen LogP contribution in [-0.2, 0) is 20.6 Å². The van der Waals surface area contributed by atoms with Crippen molar-refractivity contribution in [3.63, 3.8) is 0 Å². The van der Waals surface area contributed by atoms with Gasteiger partial charge in [0.25, 0.3) is 0 Å². The van der Waals surface area contributed by atoms with Gasteiger partial charge in [0.1, 0.15) is 6.04 Å². The van der Waals surface area contributed by atoms with Crippen LogP contribution in [0.2, 0.25) is 0 Å². The van der Waals surface area contributed by atoms with E-state index in [4.69, 9.17) is 0 Å². The molecular formula is C17H26N2O3S. The predicted octanol–water partition coefficient (Wildman–Crippen LogP) is 2.14. The highest BCUT2D eigenvalue weighted by molar-refractivity contribution is 7.88. The molecule has 23 heavy (non-hydrogen) atoms. The fourth-order valence-corrected chi connectivity index (χ4v) is 4.23. The average molecular weight is 338 g/mol. The molecule has 1 atom stereocenters. The number of likely N-dealkylation sites (tertiary alicyclic amines) is 1. The molecule has 1 N–H and O–H groups in total. The molecule has 0 radical (unpaired) electrons. The Labute approximate surface area is 139 Å². The molecule has 0 spiro atoms. The Morgan fingerprint density at radius 2 is 1.78 bits per heavy atom. The Morgan fingerprint density at radius 1 is 1.17 bits per heavy atom. The molecule has 1 aliphatic heterocycles. The SMILES string of the molecule is CC(C)C[C@H](NS(=O)(=O)Cc1ccccc1)C(=O)N1CCCC1. The van der Waals surface area contributed by atoms with Gasteiger partial charge in [-0.25, -0.2) is 13.1 Å². The summed E-state index contributed by atoms with van der Waals surface area (Å²) in [6, 6.07) is 8.36. The maximum atomic E-state index is 12.6. The van der Waals surface area contributed by atoms with E-state index in [2.05, 4.69) is 4.72 Å². The van der Waals surface area contributed by atoms with Crippen molar-refractivity contribution < 1.29 is 13.2 Å². The number of benzene rings is 1. The summed E-state index contributed by atoms with van der Waals surface area (Å²) in [7, 11) is -3.55. The first-order chi connectivity index (χ1) is 10.9. The lowest BCUT2D eigenvalue weighted by molar-refractivity contribution is -0.132. The Hall–Kier alpha value is -1.40. The van der Waals surface area contributed by atoms with E-state index >= 15 is 0 Å². The van der Waals surface area contributed by atoms with Crippen molar-refractivity contribution >= 4 is 15.9 Å². The summed E-state index contributed by atoms with van der Waals surface area (Å²) >= 11 is 0. The van der Waals surface area contributed by atoms with Gasteiger partial charge < -0.3 is 4.90 Å². The van der Waals surface area contributed by atoms with Crippen molar-refractivity contribution in [1.29, 1.82) is 0 Å². The Balaban J connectivity index is 2.07. The maximum absolute atomic E-state index is 12.6. The number of rotatable bonds is 7. The fourth-order valence-electron chi connectivity index (χ4n) is 2.88. The van der Waals surface area contributed by atoms with Gasteiger partial charge in [0.2, 0.25) is 15.9 Å². The Bertz CT molecular complexity index is 608. The van der Waals surface area contributed by atoms with E-state index in [-0.39, 0.29) is 17.6 Å². The van der Waals surface area contributed by atoms with E-state index < -0.39 is 16.1 Å². The number of nitrogens with one attached hydrogen (secondary N) is 1. The lowest BCUT2D eigenvalue weighted by Gasteiger charge is -2.25. The molecule has 1 saturated heterocycles. The van der Waals surface area contributed by atoms with Crippen molar-refractivity contribution in [2.75, 3.05) is 13.1 Å². The predicted molar refractivity (Wildman–Crippen MR) is 91.3 cm³/mol. The second-order valence-corrected chi connectivity index (χ2v) is 8.33. The van der Waals surface area contributed by atoms with Crippen LogP contribution in [0.5, 0.6) is 0 Å². The molecule has 1 aromatic carbocycles. The third kappa shape index (κ3) is 5.62. The number of sulfonamides is 1. The fraction of sp³-hybridized carbons (Fsp3) is 0.588. The minimum absolute atomic E-state index is 0.0900. The molecule has 0 aromatic heterocycles. The van der Waals surface area contributed by atoms with Crippen molar-refractivity contribution in [3.05, 3.63) is 35.9 Å². The number of carbonyl (C=O) groups is 1. The topological polar surface area (TPSA) is 66.5 Å².